The number of hydrogen-bond donors (Lipinski definition) is 1. The minimum atomic E-state index is 0. The largest absolute Gasteiger partial charge is 0.375 e. The molecule has 5 nitrogen and oxygen atoms in total. The van der Waals surface area contributed by atoms with Crippen LogP contribution in [0.25, 0.3) is 0 Å². The summed E-state index contributed by atoms with van der Waals surface area (Å²) in [5.74, 6) is 2.64. The number of halogens is 1. The molecule has 146 valence electrons. The Morgan fingerprint density at radius 2 is 1.88 bits per heavy atom. The van der Waals surface area contributed by atoms with Crippen LogP contribution in [0.3, 0.4) is 0 Å². The van der Waals surface area contributed by atoms with Gasteiger partial charge in [0, 0.05) is 32.8 Å². The number of ether oxygens (including phenoxy) is 2. The fourth-order valence-corrected chi connectivity index (χ4v) is 4.28. The summed E-state index contributed by atoms with van der Waals surface area (Å²) in [4.78, 5) is 7.39. The number of rotatable bonds is 4. The van der Waals surface area contributed by atoms with Crippen LogP contribution in [0.1, 0.15) is 52.4 Å². The van der Waals surface area contributed by atoms with Gasteiger partial charge in [-0.25, -0.2) is 0 Å². The zero-order valence-electron chi connectivity index (χ0n) is 15.9. The van der Waals surface area contributed by atoms with Gasteiger partial charge in [-0.15, -0.1) is 24.0 Å². The van der Waals surface area contributed by atoms with Gasteiger partial charge >= 0.3 is 0 Å². The van der Waals surface area contributed by atoms with Crippen LogP contribution in [-0.4, -0.2) is 62.5 Å². The van der Waals surface area contributed by atoms with Gasteiger partial charge in [-0.2, -0.15) is 0 Å². The SMILES string of the molecule is CCNC(=NCC1CCCCC1C)N1CCOC(C2CCCO2)C1.I. The highest BCUT2D eigenvalue weighted by atomic mass is 127. The van der Waals surface area contributed by atoms with E-state index in [-0.39, 0.29) is 36.2 Å². The normalized spacial score (nSPS) is 33.8. The van der Waals surface area contributed by atoms with Crippen molar-refractivity contribution in [1.29, 1.82) is 0 Å². The number of morpholine rings is 1. The van der Waals surface area contributed by atoms with Crippen molar-refractivity contribution in [3.63, 3.8) is 0 Å². The van der Waals surface area contributed by atoms with Crippen LogP contribution >= 0.6 is 24.0 Å². The molecule has 6 heteroatoms. The Kier molecular flexibility index (Phi) is 9.27. The summed E-state index contributed by atoms with van der Waals surface area (Å²) in [6.45, 7) is 9.91. The lowest BCUT2D eigenvalue weighted by molar-refractivity contribution is -0.0817. The summed E-state index contributed by atoms with van der Waals surface area (Å²) in [7, 11) is 0. The van der Waals surface area contributed by atoms with Crippen molar-refractivity contribution in [3.8, 4) is 0 Å². The quantitative estimate of drug-likeness (QED) is 0.393. The molecule has 2 heterocycles. The Hall–Kier alpha value is -0.0800. The Morgan fingerprint density at radius 3 is 2.60 bits per heavy atom. The molecule has 0 aromatic rings. The van der Waals surface area contributed by atoms with Gasteiger partial charge in [0.05, 0.1) is 12.7 Å². The lowest BCUT2D eigenvalue weighted by Gasteiger charge is -2.37. The van der Waals surface area contributed by atoms with Gasteiger partial charge in [0.15, 0.2) is 5.96 Å². The third kappa shape index (κ3) is 5.96. The van der Waals surface area contributed by atoms with E-state index < -0.39 is 0 Å². The molecule has 3 rings (SSSR count). The van der Waals surface area contributed by atoms with E-state index >= 15 is 0 Å². The van der Waals surface area contributed by atoms with Crippen molar-refractivity contribution < 1.29 is 9.47 Å². The molecule has 2 aliphatic heterocycles. The zero-order valence-corrected chi connectivity index (χ0v) is 18.2. The summed E-state index contributed by atoms with van der Waals surface area (Å²) in [5, 5.41) is 3.50. The van der Waals surface area contributed by atoms with Gasteiger partial charge < -0.3 is 19.7 Å². The van der Waals surface area contributed by atoms with Crippen molar-refractivity contribution in [1.82, 2.24) is 10.2 Å². The predicted octanol–water partition coefficient (Wildman–Crippen LogP) is 3.28. The molecule has 0 aromatic heterocycles. The second-order valence-electron chi connectivity index (χ2n) is 7.62. The summed E-state index contributed by atoms with van der Waals surface area (Å²) < 4.78 is 11.8. The number of nitrogens with one attached hydrogen (secondary N) is 1. The third-order valence-corrected chi connectivity index (χ3v) is 5.87. The Bertz CT molecular complexity index is 415. The molecular weight excluding hydrogens is 429 g/mol. The van der Waals surface area contributed by atoms with Gasteiger partial charge in [-0.1, -0.05) is 26.2 Å². The van der Waals surface area contributed by atoms with Crippen LogP contribution in [0.5, 0.6) is 0 Å². The second-order valence-corrected chi connectivity index (χ2v) is 7.62. The molecule has 1 N–H and O–H groups in total. The predicted molar refractivity (Wildman–Crippen MR) is 113 cm³/mol. The van der Waals surface area contributed by atoms with E-state index in [0.717, 1.165) is 70.0 Å². The van der Waals surface area contributed by atoms with E-state index in [4.69, 9.17) is 14.5 Å². The number of nitrogens with zero attached hydrogens (tertiary/aromatic N) is 2. The molecule has 0 amide bonds. The molecule has 1 aliphatic carbocycles. The van der Waals surface area contributed by atoms with Crippen LogP contribution in [-0.2, 0) is 9.47 Å². The van der Waals surface area contributed by atoms with Gasteiger partial charge in [0.2, 0.25) is 0 Å². The highest BCUT2D eigenvalue weighted by molar-refractivity contribution is 14.0. The average Bonchev–Trinajstić information content (AvgIpc) is 3.15. The maximum absolute atomic E-state index is 5.98. The monoisotopic (exact) mass is 465 g/mol. The summed E-state index contributed by atoms with van der Waals surface area (Å²) in [5.41, 5.74) is 0. The Balaban J connectivity index is 0.00000225. The van der Waals surface area contributed by atoms with Gasteiger partial charge in [0.25, 0.3) is 0 Å². The Morgan fingerprint density at radius 1 is 1.08 bits per heavy atom. The first-order valence-electron chi connectivity index (χ1n) is 10.0. The maximum Gasteiger partial charge on any atom is 0.194 e. The summed E-state index contributed by atoms with van der Waals surface area (Å²) in [6, 6.07) is 0. The fourth-order valence-electron chi connectivity index (χ4n) is 4.28. The maximum atomic E-state index is 5.98. The van der Waals surface area contributed by atoms with E-state index in [1.807, 2.05) is 0 Å². The highest BCUT2D eigenvalue weighted by Gasteiger charge is 2.32. The first kappa shape index (κ1) is 21.2. The van der Waals surface area contributed by atoms with Crippen molar-refractivity contribution >= 4 is 29.9 Å². The van der Waals surface area contributed by atoms with Crippen LogP contribution in [0.2, 0.25) is 0 Å². The minimum absolute atomic E-state index is 0. The molecule has 25 heavy (non-hydrogen) atoms. The molecule has 4 unspecified atom stereocenters. The molecule has 0 spiro atoms. The van der Waals surface area contributed by atoms with Crippen LogP contribution < -0.4 is 5.32 Å². The average molecular weight is 465 g/mol. The third-order valence-electron chi connectivity index (χ3n) is 5.87. The van der Waals surface area contributed by atoms with Crippen LogP contribution in [0, 0.1) is 11.8 Å². The van der Waals surface area contributed by atoms with Crippen molar-refractivity contribution in [2.75, 3.05) is 39.4 Å². The van der Waals surface area contributed by atoms with E-state index in [1.165, 1.54) is 25.7 Å². The van der Waals surface area contributed by atoms with E-state index in [1.54, 1.807) is 0 Å². The van der Waals surface area contributed by atoms with Gasteiger partial charge in [-0.3, -0.25) is 4.99 Å². The molecular formula is C19H36IN3O2. The van der Waals surface area contributed by atoms with E-state index in [0.29, 0.717) is 0 Å². The van der Waals surface area contributed by atoms with Gasteiger partial charge in [-0.05, 0) is 38.0 Å². The lowest BCUT2D eigenvalue weighted by Crippen LogP contribution is -2.53. The molecule has 4 atom stereocenters. The molecule has 0 bridgehead atoms. The number of guanidine groups is 1. The first-order chi connectivity index (χ1) is 11.8. The number of aliphatic imine (C=N–C) groups is 1. The van der Waals surface area contributed by atoms with Crippen LogP contribution in [0.15, 0.2) is 4.99 Å². The standard InChI is InChI=1S/C19H35N3O2.HI/c1-3-20-19(21-13-16-8-5-4-7-15(16)2)22-10-12-24-18(14-22)17-9-6-11-23-17;/h15-18H,3-14H2,1-2H3,(H,20,21);1H. The summed E-state index contributed by atoms with van der Waals surface area (Å²) >= 11 is 0. The second kappa shape index (κ2) is 10.9. The van der Waals surface area contributed by atoms with Crippen molar-refractivity contribution in [2.45, 2.75) is 64.6 Å². The van der Waals surface area contributed by atoms with Gasteiger partial charge in [0.1, 0.15) is 6.10 Å². The number of hydrogen-bond acceptors (Lipinski definition) is 3. The molecule has 0 aromatic carbocycles. The van der Waals surface area contributed by atoms with E-state index in [2.05, 4.69) is 24.1 Å². The van der Waals surface area contributed by atoms with E-state index in [9.17, 15) is 0 Å². The minimum Gasteiger partial charge on any atom is -0.375 e. The fraction of sp³-hybridized carbons (Fsp3) is 0.947. The molecule has 1 saturated carbocycles. The molecule has 3 fully saturated rings. The smallest absolute Gasteiger partial charge is 0.194 e. The molecule has 2 saturated heterocycles. The molecule has 3 aliphatic rings. The van der Waals surface area contributed by atoms with Crippen molar-refractivity contribution in [3.05, 3.63) is 0 Å². The summed E-state index contributed by atoms with van der Waals surface area (Å²) in [6.07, 6.45) is 8.24. The first-order valence-corrected chi connectivity index (χ1v) is 10.0. The topological polar surface area (TPSA) is 46.1 Å². The van der Waals surface area contributed by atoms with Crippen molar-refractivity contribution in [2.24, 2.45) is 16.8 Å². The van der Waals surface area contributed by atoms with Crippen LogP contribution in [0.4, 0.5) is 0 Å². The zero-order chi connectivity index (χ0) is 16.8. The highest BCUT2D eigenvalue weighted by Crippen LogP contribution is 2.29. The molecule has 0 radical (unpaired) electrons. The Labute approximate surface area is 170 Å². The lowest BCUT2D eigenvalue weighted by atomic mass is 9.80.